The number of benzodiazepines with no additional fused rings is 1. The second-order valence-corrected chi connectivity index (χ2v) is 8.85. The molecule has 2 aliphatic rings. The standard InChI is InChI=1S/C29H31N3O3/c1-3-34-26-15-24-25(16-27(26)35-4-2)31-28(33)17-30-29(24)22-11-9-20(10-12-22)18-32-14-13-21-7-5-6-8-23(21)19-32/h5-12,15-16H,3-4,13-14,17-19H2,1-2H3,(H,31,33). The van der Waals surface area contributed by atoms with Crippen LogP contribution in [0, 0.1) is 0 Å². The van der Waals surface area contributed by atoms with E-state index < -0.39 is 0 Å². The third-order valence-electron chi connectivity index (χ3n) is 6.44. The van der Waals surface area contributed by atoms with Gasteiger partial charge in [-0.1, -0.05) is 48.5 Å². The topological polar surface area (TPSA) is 63.2 Å². The zero-order valence-corrected chi connectivity index (χ0v) is 20.3. The monoisotopic (exact) mass is 469 g/mol. The SMILES string of the molecule is CCOc1cc2c(cc1OCC)C(c1ccc(CN3CCc4ccccc4C3)cc1)=NCC(=O)N2. The molecule has 6 heteroatoms. The van der Waals surface area contributed by atoms with Crippen molar-refractivity contribution < 1.29 is 14.3 Å². The number of rotatable bonds is 7. The number of ether oxygens (including phenoxy) is 2. The summed E-state index contributed by atoms with van der Waals surface area (Å²) in [5.74, 6) is 1.13. The van der Waals surface area contributed by atoms with Gasteiger partial charge in [0.05, 0.1) is 24.6 Å². The number of fused-ring (bicyclic) bond motifs is 2. The minimum Gasteiger partial charge on any atom is -0.490 e. The van der Waals surface area contributed by atoms with Crippen LogP contribution >= 0.6 is 0 Å². The van der Waals surface area contributed by atoms with Gasteiger partial charge < -0.3 is 14.8 Å². The number of hydrogen-bond donors (Lipinski definition) is 1. The molecule has 6 nitrogen and oxygen atoms in total. The second-order valence-electron chi connectivity index (χ2n) is 8.85. The number of amides is 1. The maximum Gasteiger partial charge on any atom is 0.246 e. The van der Waals surface area contributed by atoms with Crippen LogP contribution in [-0.2, 0) is 24.3 Å². The molecule has 0 atom stereocenters. The summed E-state index contributed by atoms with van der Waals surface area (Å²) in [7, 11) is 0. The first kappa shape index (κ1) is 23.1. The smallest absolute Gasteiger partial charge is 0.246 e. The number of nitrogens with zero attached hydrogens (tertiary/aromatic N) is 2. The third kappa shape index (κ3) is 5.08. The fraction of sp³-hybridized carbons (Fsp3) is 0.310. The molecule has 5 rings (SSSR count). The molecular weight excluding hydrogens is 438 g/mol. The van der Waals surface area contributed by atoms with Gasteiger partial charge in [-0.3, -0.25) is 14.7 Å². The van der Waals surface area contributed by atoms with E-state index in [0.717, 1.165) is 42.9 Å². The highest BCUT2D eigenvalue weighted by Crippen LogP contribution is 2.36. The number of nitrogens with one attached hydrogen (secondary N) is 1. The molecule has 3 aromatic rings. The zero-order valence-electron chi connectivity index (χ0n) is 20.3. The van der Waals surface area contributed by atoms with Gasteiger partial charge in [0.15, 0.2) is 11.5 Å². The number of anilines is 1. The molecule has 2 heterocycles. The number of hydrogen-bond acceptors (Lipinski definition) is 5. The zero-order chi connectivity index (χ0) is 24.2. The Kier molecular flexibility index (Phi) is 6.82. The summed E-state index contributed by atoms with van der Waals surface area (Å²) in [4.78, 5) is 19.5. The Hall–Kier alpha value is -3.64. The van der Waals surface area contributed by atoms with E-state index >= 15 is 0 Å². The van der Waals surface area contributed by atoms with Crippen LogP contribution in [0.3, 0.4) is 0 Å². The summed E-state index contributed by atoms with van der Waals surface area (Å²) < 4.78 is 11.6. The summed E-state index contributed by atoms with van der Waals surface area (Å²) >= 11 is 0. The summed E-state index contributed by atoms with van der Waals surface area (Å²) in [5, 5.41) is 2.97. The molecule has 0 aliphatic carbocycles. The van der Waals surface area contributed by atoms with Crippen molar-refractivity contribution in [1.82, 2.24) is 4.90 Å². The molecule has 180 valence electrons. The highest BCUT2D eigenvalue weighted by molar-refractivity contribution is 6.19. The molecule has 2 aliphatic heterocycles. The minimum atomic E-state index is -0.144. The molecule has 0 saturated carbocycles. The van der Waals surface area contributed by atoms with Gasteiger partial charge in [-0.05, 0) is 43.0 Å². The van der Waals surface area contributed by atoms with Crippen molar-refractivity contribution in [3.05, 3.63) is 88.5 Å². The Morgan fingerprint density at radius 3 is 2.40 bits per heavy atom. The molecule has 0 unspecified atom stereocenters. The Labute approximate surface area is 206 Å². The number of benzene rings is 3. The first-order valence-corrected chi connectivity index (χ1v) is 12.3. The van der Waals surface area contributed by atoms with Crippen LogP contribution in [0.25, 0.3) is 0 Å². The van der Waals surface area contributed by atoms with Gasteiger partial charge in [0.1, 0.15) is 6.54 Å². The summed E-state index contributed by atoms with van der Waals surface area (Å²) in [5.41, 5.74) is 7.43. The lowest BCUT2D eigenvalue weighted by Gasteiger charge is -2.28. The van der Waals surface area contributed by atoms with Crippen molar-refractivity contribution in [3.8, 4) is 11.5 Å². The van der Waals surface area contributed by atoms with E-state index in [1.807, 2.05) is 26.0 Å². The largest absolute Gasteiger partial charge is 0.490 e. The minimum absolute atomic E-state index is 0.0763. The summed E-state index contributed by atoms with van der Waals surface area (Å²) in [6.45, 7) is 7.93. The van der Waals surface area contributed by atoms with Crippen LogP contribution < -0.4 is 14.8 Å². The molecule has 0 spiro atoms. The lowest BCUT2D eigenvalue weighted by molar-refractivity contribution is -0.114. The summed E-state index contributed by atoms with van der Waals surface area (Å²) in [6.07, 6.45) is 1.09. The average Bonchev–Trinajstić information content (AvgIpc) is 3.03. The summed E-state index contributed by atoms with van der Waals surface area (Å²) in [6, 6.07) is 21.0. The molecule has 0 saturated heterocycles. The highest BCUT2D eigenvalue weighted by Gasteiger charge is 2.22. The van der Waals surface area contributed by atoms with Gasteiger partial charge in [0.25, 0.3) is 0 Å². The van der Waals surface area contributed by atoms with Crippen molar-refractivity contribution in [2.24, 2.45) is 4.99 Å². The van der Waals surface area contributed by atoms with Crippen LogP contribution in [-0.4, -0.2) is 42.8 Å². The van der Waals surface area contributed by atoms with Crippen LogP contribution in [0.4, 0.5) is 5.69 Å². The van der Waals surface area contributed by atoms with Gasteiger partial charge in [0.2, 0.25) is 5.91 Å². The van der Waals surface area contributed by atoms with E-state index in [4.69, 9.17) is 9.47 Å². The average molecular weight is 470 g/mol. The first-order valence-electron chi connectivity index (χ1n) is 12.3. The molecule has 0 radical (unpaired) electrons. The number of aliphatic imine (C=N–C) groups is 1. The molecule has 0 fully saturated rings. The molecule has 3 aromatic carbocycles. The predicted octanol–water partition coefficient (Wildman–Crippen LogP) is 4.83. The molecule has 1 amide bonds. The van der Waals surface area contributed by atoms with Crippen LogP contribution in [0.2, 0.25) is 0 Å². The van der Waals surface area contributed by atoms with Crippen molar-refractivity contribution >= 4 is 17.3 Å². The highest BCUT2D eigenvalue weighted by atomic mass is 16.5. The maximum atomic E-state index is 12.4. The van der Waals surface area contributed by atoms with E-state index in [2.05, 4.69) is 63.7 Å². The Morgan fingerprint density at radius 1 is 0.943 bits per heavy atom. The van der Waals surface area contributed by atoms with Gasteiger partial charge in [-0.25, -0.2) is 0 Å². The molecular formula is C29H31N3O3. The Bertz CT molecular complexity index is 1250. The normalized spacial score (nSPS) is 15.4. The fourth-order valence-electron chi connectivity index (χ4n) is 4.78. The second kappa shape index (κ2) is 10.3. The molecule has 1 N–H and O–H groups in total. The maximum absolute atomic E-state index is 12.4. The fourth-order valence-corrected chi connectivity index (χ4v) is 4.78. The van der Waals surface area contributed by atoms with E-state index in [1.165, 1.54) is 16.7 Å². The third-order valence-corrected chi connectivity index (χ3v) is 6.44. The van der Waals surface area contributed by atoms with Crippen molar-refractivity contribution in [1.29, 1.82) is 0 Å². The van der Waals surface area contributed by atoms with Crippen molar-refractivity contribution in [2.75, 3.05) is 31.6 Å². The number of carbonyl (C=O) groups is 1. The van der Waals surface area contributed by atoms with Gasteiger partial charge >= 0.3 is 0 Å². The van der Waals surface area contributed by atoms with Crippen LogP contribution in [0.15, 0.2) is 65.7 Å². The van der Waals surface area contributed by atoms with Gasteiger partial charge in [-0.2, -0.15) is 0 Å². The van der Waals surface area contributed by atoms with Crippen molar-refractivity contribution in [2.45, 2.75) is 33.4 Å². The first-order chi connectivity index (χ1) is 17.1. The lowest BCUT2D eigenvalue weighted by Crippen LogP contribution is -2.29. The predicted molar refractivity (Wildman–Crippen MR) is 139 cm³/mol. The Balaban J connectivity index is 1.40. The van der Waals surface area contributed by atoms with E-state index in [0.29, 0.717) is 30.4 Å². The van der Waals surface area contributed by atoms with E-state index in [1.54, 1.807) is 0 Å². The number of carbonyl (C=O) groups excluding carboxylic acids is 1. The van der Waals surface area contributed by atoms with Gasteiger partial charge in [-0.15, -0.1) is 0 Å². The van der Waals surface area contributed by atoms with Crippen LogP contribution in [0.1, 0.15) is 41.7 Å². The molecule has 0 aromatic heterocycles. The van der Waals surface area contributed by atoms with E-state index in [9.17, 15) is 4.79 Å². The lowest BCUT2D eigenvalue weighted by atomic mass is 9.97. The molecule has 0 bridgehead atoms. The van der Waals surface area contributed by atoms with Gasteiger partial charge in [0, 0.05) is 36.8 Å². The van der Waals surface area contributed by atoms with Crippen molar-refractivity contribution in [3.63, 3.8) is 0 Å². The van der Waals surface area contributed by atoms with Crippen LogP contribution in [0.5, 0.6) is 11.5 Å². The molecule has 35 heavy (non-hydrogen) atoms. The Morgan fingerprint density at radius 2 is 1.66 bits per heavy atom. The van der Waals surface area contributed by atoms with E-state index in [-0.39, 0.29) is 12.5 Å². The quantitative estimate of drug-likeness (QED) is 0.538.